The molecule has 1 aromatic carbocycles. The molecule has 1 saturated heterocycles. The first kappa shape index (κ1) is 12.4. The zero-order valence-electron chi connectivity index (χ0n) is 11.4. The molecule has 0 atom stereocenters. The lowest BCUT2D eigenvalue weighted by molar-refractivity contribution is -0.127. The quantitative estimate of drug-likeness (QED) is 0.773. The van der Waals surface area contributed by atoms with Gasteiger partial charge in [-0.05, 0) is 36.5 Å². The molecule has 0 aliphatic carbocycles. The summed E-state index contributed by atoms with van der Waals surface area (Å²) in [6, 6.07) is 8.54. The van der Waals surface area contributed by atoms with Gasteiger partial charge in [0.25, 0.3) is 0 Å². The Kier molecular flexibility index (Phi) is 3.38. The van der Waals surface area contributed by atoms with Crippen molar-refractivity contribution in [3.8, 4) is 0 Å². The Hall–Kier alpha value is -1.61. The van der Waals surface area contributed by atoms with E-state index < -0.39 is 0 Å². The largest absolute Gasteiger partial charge is 0.338 e. The maximum Gasteiger partial charge on any atom is 0.249 e. The maximum atomic E-state index is 12.5. The minimum absolute atomic E-state index is 0.226. The third kappa shape index (κ3) is 2.43. The predicted octanol–water partition coefficient (Wildman–Crippen LogP) is 1.53. The number of amides is 1. The third-order valence-corrected chi connectivity index (χ3v) is 4.24. The van der Waals surface area contributed by atoms with Crippen molar-refractivity contribution >= 4 is 5.91 Å². The van der Waals surface area contributed by atoms with Gasteiger partial charge in [0.2, 0.25) is 5.91 Å². The van der Waals surface area contributed by atoms with Crippen LogP contribution in [0.4, 0.5) is 0 Å². The molecule has 1 N–H and O–H groups in total. The first-order chi connectivity index (χ1) is 9.25. The standard InChI is InChI=1S/C16H20N2O/c1-12(15-10-17-11-15)16(19)18-8-6-13-4-2-3-5-14(13)7-9-18/h2-5,17H,6-11H2,1H3. The summed E-state index contributed by atoms with van der Waals surface area (Å²) in [4.78, 5) is 14.5. The second-order valence-electron chi connectivity index (χ2n) is 5.39. The Morgan fingerprint density at radius 2 is 1.68 bits per heavy atom. The van der Waals surface area contributed by atoms with E-state index in [0.29, 0.717) is 0 Å². The summed E-state index contributed by atoms with van der Waals surface area (Å²) in [6.07, 6.45) is 1.95. The molecule has 2 aliphatic heterocycles. The van der Waals surface area contributed by atoms with Gasteiger partial charge in [-0.3, -0.25) is 4.79 Å². The zero-order valence-corrected chi connectivity index (χ0v) is 11.4. The Balaban J connectivity index is 1.73. The lowest BCUT2D eigenvalue weighted by Crippen LogP contribution is -2.40. The Morgan fingerprint density at radius 1 is 1.11 bits per heavy atom. The van der Waals surface area contributed by atoms with E-state index in [2.05, 4.69) is 29.6 Å². The monoisotopic (exact) mass is 256 g/mol. The molecule has 0 saturated carbocycles. The van der Waals surface area contributed by atoms with Gasteiger partial charge in [0.1, 0.15) is 0 Å². The van der Waals surface area contributed by atoms with E-state index in [1.165, 1.54) is 16.7 Å². The van der Waals surface area contributed by atoms with Crippen molar-refractivity contribution in [3.05, 3.63) is 46.5 Å². The first-order valence-corrected chi connectivity index (χ1v) is 7.01. The highest BCUT2D eigenvalue weighted by Gasteiger charge is 2.22. The van der Waals surface area contributed by atoms with E-state index in [9.17, 15) is 4.79 Å². The number of carbonyl (C=O) groups is 1. The highest BCUT2D eigenvalue weighted by Crippen LogP contribution is 2.18. The van der Waals surface area contributed by atoms with Crippen LogP contribution in [0.25, 0.3) is 0 Å². The Morgan fingerprint density at radius 3 is 2.16 bits per heavy atom. The molecule has 19 heavy (non-hydrogen) atoms. The van der Waals surface area contributed by atoms with Gasteiger partial charge in [-0.2, -0.15) is 0 Å². The van der Waals surface area contributed by atoms with Crippen LogP contribution in [0.2, 0.25) is 0 Å². The van der Waals surface area contributed by atoms with E-state index in [0.717, 1.165) is 44.6 Å². The van der Waals surface area contributed by atoms with Crippen molar-refractivity contribution in [2.24, 2.45) is 0 Å². The molecule has 1 amide bonds. The van der Waals surface area contributed by atoms with E-state index >= 15 is 0 Å². The van der Waals surface area contributed by atoms with Gasteiger partial charge in [0.05, 0.1) is 0 Å². The summed E-state index contributed by atoms with van der Waals surface area (Å²) in [7, 11) is 0. The van der Waals surface area contributed by atoms with Gasteiger partial charge in [0, 0.05) is 31.8 Å². The summed E-state index contributed by atoms with van der Waals surface area (Å²) in [5.74, 6) is 0.226. The molecule has 2 aliphatic rings. The number of nitrogens with one attached hydrogen (secondary N) is 1. The smallest absolute Gasteiger partial charge is 0.249 e. The molecule has 0 radical (unpaired) electrons. The van der Waals surface area contributed by atoms with Crippen molar-refractivity contribution in [2.75, 3.05) is 26.2 Å². The third-order valence-electron chi connectivity index (χ3n) is 4.24. The summed E-state index contributed by atoms with van der Waals surface area (Å²) in [5, 5.41) is 3.20. The van der Waals surface area contributed by atoms with Crippen LogP contribution in [0.3, 0.4) is 0 Å². The number of carbonyl (C=O) groups excluding carboxylic acids is 1. The summed E-state index contributed by atoms with van der Waals surface area (Å²) < 4.78 is 0. The molecule has 3 heteroatoms. The lowest BCUT2D eigenvalue weighted by Gasteiger charge is -2.26. The zero-order chi connectivity index (χ0) is 13.2. The van der Waals surface area contributed by atoms with E-state index in [4.69, 9.17) is 0 Å². The number of hydrogen-bond acceptors (Lipinski definition) is 2. The van der Waals surface area contributed by atoms with E-state index in [1.807, 2.05) is 11.8 Å². The SMILES string of the molecule is CC(C(=O)N1CCc2ccccc2CC1)=C1CNC1. The highest BCUT2D eigenvalue weighted by molar-refractivity contribution is 5.94. The van der Waals surface area contributed by atoms with Crippen LogP contribution in [-0.4, -0.2) is 37.0 Å². The molecule has 0 bridgehead atoms. The number of rotatable bonds is 1. The summed E-state index contributed by atoms with van der Waals surface area (Å²) >= 11 is 0. The van der Waals surface area contributed by atoms with Gasteiger partial charge in [-0.15, -0.1) is 0 Å². The van der Waals surface area contributed by atoms with Gasteiger partial charge >= 0.3 is 0 Å². The van der Waals surface area contributed by atoms with Crippen LogP contribution in [0.5, 0.6) is 0 Å². The van der Waals surface area contributed by atoms with Crippen LogP contribution in [0, 0.1) is 0 Å². The molecule has 0 aromatic heterocycles. The molecule has 100 valence electrons. The minimum atomic E-state index is 0.226. The van der Waals surface area contributed by atoms with Crippen molar-refractivity contribution in [3.63, 3.8) is 0 Å². The molecule has 0 unspecified atom stereocenters. The number of hydrogen-bond donors (Lipinski definition) is 1. The van der Waals surface area contributed by atoms with E-state index in [-0.39, 0.29) is 5.91 Å². The Bertz CT molecular complexity index is 500. The second kappa shape index (κ2) is 5.17. The van der Waals surface area contributed by atoms with Crippen LogP contribution in [-0.2, 0) is 17.6 Å². The van der Waals surface area contributed by atoms with Crippen LogP contribution in [0.1, 0.15) is 18.1 Å². The maximum absolute atomic E-state index is 12.5. The molecule has 3 nitrogen and oxygen atoms in total. The lowest BCUT2D eigenvalue weighted by atomic mass is 10.0. The Labute approximate surface area is 114 Å². The fourth-order valence-electron chi connectivity index (χ4n) is 2.77. The molecule has 1 aromatic rings. The van der Waals surface area contributed by atoms with Crippen molar-refractivity contribution in [1.29, 1.82) is 0 Å². The van der Waals surface area contributed by atoms with Crippen molar-refractivity contribution in [2.45, 2.75) is 19.8 Å². The van der Waals surface area contributed by atoms with Gasteiger partial charge in [0.15, 0.2) is 0 Å². The summed E-state index contributed by atoms with van der Waals surface area (Å²) in [5.41, 5.74) is 5.01. The molecule has 3 rings (SSSR count). The molecule has 0 spiro atoms. The van der Waals surface area contributed by atoms with Gasteiger partial charge in [-0.25, -0.2) is 0 Å². The molecule has 2 heterocycles. The molecular weight excluding hydrogens is 236 g/mol. The number of nitrogens with zero attached hydrogens (tertiary/aromatic N) is 1. The minimum Gasteiger partial charge on any atom is -0.338 e. The average molecular weight is 256 g/mol. The fraction of sp³-hybridized carbons (Fsp3) is 0.438. The average Bonchev–Trinajstić information content (AvgIpc) is 2.58. The van der Waals surface area contributed by atoms with Gasteiger partial charge < -0.3 is 10.2 Å². The van der Waals surface area contributed by atoms with Crippen molar-refractivity contribution < 1.29 is 4.79 Å². The predicted molar refractivity (Wildman–Crippen MR) is 76.0 cm³/mol. The topological polar surface area (TPSA) is 32.3 Å². The number of fused-ring (bicyclic) bond motifs is 1. The van der Waals surface area contributed by atoms with Crippen LogP contribution in [0.15, 0.2) is 35.4 Å². The normalized spacial score (nSPS) is 18.4. The fourth-order valence-corrected chi connectivity index (χ4v) is 2.77. The first-order valence-electron chi connectivity index (χ1n) is 7.01. The second-order valence-corrected chi connectivity index (χ2v) is 5.39. The number of benzene rings is 1. The van der Waals surface area contributed by atoms with Crippen molar-refractivity contribution in [1.82, 2.24) is 10.2 Å². The summed E-state index contributed by atoms with van der Waals surface area (Å²) in [6.45, 7) is 5.41. The molecular formula is C16H20N2O. The van der Waals surface area contributed by atoms with Gasteiger partial charge in [-0.1, -0.05) is 24.3 Å². The van der Waals surface area contributed by atoms with E-state index in [1.54, 1.807) is 0 Å². The van der Waals surface area contributed by atoms with Crippen LogP contribution < -0.4 is 5.32 Å². The highest BCUT2D eigenvalue weighted by atomic mass is 16.2. The van der Waals surface area contributed by atoms with Crippen LogP contribution >= 0.6 is 0 Å². The molecule has 1 fully saturated rings.